The normalized spacial score (nSPS) is 15.9. The van der Waals surface area contributed by atoms with Gasteiger partial charge >= 0.3 is 5.97 Å². The van der Waals surface area contributed by atoms with E-state index in [0.29, 0.717) is 45.0 Å². The third-order valence-electron chi connectivity index (χ3n) is 7.00. The number of nitrogens with zero attached hydrogens (tertiary/aromatic N) is 3. The molecule has 6 nitrogen and oxygen atoms in total. The van der Waals surface area contributed by atoms with Crippen LogP contribution in [0.3, 0.4) is 0 Å². The second kappa shape index (κ2) is 12.8. The van der Waals surface area contributed by atoms with Gasteiger partial charge in [0.15, 0.2) is 0 Å². The van der Waals surface area contributed by atoms with Gasteiger partial charge in [-0.1, -0.05) is 57.2 Å². The number of ether oxygens (including phenoxy) is 1. The van der Waals surface area contributed by atoms with Crippen LogP contribution in [0.1, 0.15) is 72.7 Å². The Kier molecular flexibility index (Phi) is 9.51. The summed E-state index contributed by atoms with van der Waals surface area (Å²) < 4.78 is 18.7. The smallest absolute Gasteiger partial charge is 0.310 e. The Morgan fingerprint density at radius 1 is 1.05 bits per heavy atom. The number of rotatable bonds is 9. The van der Waals surface area contributed by atoms with Crippen LogP contribution in [-0.2, 0) is 34.6 Å². The zero-order valence-electron chi connectivity index (χ0n) is 23.3. The van der Waals surface area contributed by atoms with Crippen LogP contribution in [0.15, 0.2) is 53.9 Å². The van der Waals surface area contributed by atoms with Crippen LogP contribution in [0, 0.1) is 11.7 Å². The van der Waals surface area contributed by atoms with Crippen LogP contribution in [0.5, 0.6) is 0 Å². The number of halogens is 1. The molecule has 4 rings (SSSR count). The Balaban J connectivity index is 1.47. The minimum absolute atomic E-state index is 0.0842. The monoisotopic (exact) mass is 551 g/mol. The first kappa shape index (κ1) is 28.9. The van der Waals surface area contributed by atoms with Crippen molar-refractivity contribution in [2.75, 3.05) is 19.7 Å². The molecule has 3 aromatic rings. The van der Waals surface area contributed by atoms with E-state index in [1.165, 1.54) is 34.6 Å². The van der Waals surface area contributed by atoms with E-state index in [9.17, 15) is 14.0 Å². The number of thiazole rings is 1. The zero-order valence-corrected chi connectivity index (χ0v) is 24.1. The van der Waals surface area contributed by atoms with Crippen LogP contribution in [0.25, 0.3) is 0 Å². The van der Waals surface area contributed by atoms with E-state index in [1.54, 1.807) is 29.3 Å². The van der Waals surface area contributed by atoms with E-state index < -0.39 is 0 Å². The van der Waals surface area contributed by atoms with Crippen molar-refractivity contribution < 1.29 is 18.7 Å². The summed E-state index contributed by atoms with van der Waals surface area (Å²) in [5.74, 6) is -0.916. The summed E-state index contributed by atoms with van der Waals surface area (Å²) in [5.41, 5.74) is 3.96. The number of aromatic nitrogens is 1. The molecule has 0 spiro atoms. The van der Waals surface area contributed by atoms with Crippen molar-refractivity contribution in [2.24, 2.45) is 5.92 Å². The summed E-state index contributed by atoms with van der Waals surface area (Å²) in [6, 6.07) is 15.2. The molecule has 0 N–H and O–H groups in total. The molecular formula is C31H38FN3O3S. The average molecular weight is 552 g/mol. The van der Waals surface area contributed by atoms with Gasteiger partial charge in [0, 0.05) is 31.6 Å². The highest BCUT2D eigenvalue weighted by Crippen LogP contribution is 2.25. The zero-order chi connectivity index (χ0) is 28.0. The molecule has 1 atom stereocenters. The molecule has 0 saturated carbocycles. The molecule has 1 aliphatic heterocycles. The number of esters is 1. The van der Waals surface area contributed by atoms with Gasteiger partial charge in [0.25, 0.3) is 5.91 Å². The molecule has 0 aliphatic carbocycles. The standard InChI is InChI=1S/C31H38FN3O3S/c1-5-38-30(37)24-7-6-16-35(19-24)29(36)27-21-39-28(33-27)20-34(18-23-10-14-26(32)15-11-23)17-22-8-12-25(13-9-22)31(2,3)4/h8-15,21,24H,5-7,16-20H2,1-4H3. The fourth-order valence-corrected chi connectivity index (χ4v) is 5.64. The van der Waals surface area contributed by atoms with Crippen LogP contribution in [0.4, 0.5) is 4.39 Å². The van der Waals surface area contributed by atoms with Crippen LogP contribution in [0.2, 0.25) is 0 Å². The molecule has 1 amide bonds. The lowest BCUT2D eigenvalue weighted by atomic mass is 9.87. The number of likely N-dealkylation sites (tertiary alicyclic amines) is 1. The number of carbonyl (C=O) groups is 2. The molecular weight excluding hydrogens is 513 g/mol. The number of hydrogen-bond acceptors (Lipinski definition) is 6. The van der Waals surface area contributed by atoms with E-state index in [2.05, 4.69) is 54.9 Å². The molecule has 0 bridgehead atoms. The molecule has 1 aromatic heterocycles. The van der Waals surface area contributed by atoms with Gasteiger partial charge in [-0.25, -0.2) is 9.37 Å². The molecule has 0 radical (unpaired) electrons. The molecule has 39 heavy (non-hydrogen) atoms. The minimum atomic E-state index is -0.281. The fourth-order valence-electron chi connectivity index (χ4n) is 4.83. The van der Waals surface area contributed by atoms with Crippen LogP contribution in [-0.4, -0.2) is 46.4 Å². The van der Waals surface area contributed by atoms with E-state index in [-0.39, 0.29) is 29.0 Å². The Morgan fingerprint density at radius 3 is 2.31 bits per heavy atom. The van der Waals surface area contributed by atoms with Crippen LogP contribution >= 0.6 is 11.3 Å². The summed E-state index contributed by atoms with van der Waals surface area (Å²) in [6.45, 7) is 11.6. The molecule has 208 valence electrons. The summed E-state index contributed by atoms with van der Waals surface area (Å²) in [6.07, 6.45) is 1.51. The number of hydrogen-bond donors (Lipinski definition) is 0. The predicted molar refractivity (Wildman–Crippen MR) is 152 cm³/mol. The van der Waals surface area contributed by atoms with Crippen molar-refractivity contribution in [1.82, 2.24) is 14.8 Å². The first-order valence-corrected chi connectivity index (χ1v) is 14.5. The van der Waals surface area contributed by atoms with Gasteiger partial charge in [-0.05, 0) is 54.0 Å². The van der Waals surface area contributed by atoms with Gasteiger partial charge in [0.2, 0.25) is 0 Å². The lowest BCUT2D eigenvalue weighted by Gasteiger charge is -2.31. The Labute approximate surface area is 234 Å². The first-order valence-electron chi connectivity index (χ1n) is 13.6. The molecule has 2 heterocycles. The molecule has 1 saturated heterocycles. The number of carbonyl (C=O) groups excluding carboxylic acids is 2. The van der Waals surface area contributed by atoms with E-state index in [4.69, 9.17) is 4.74 Å². The van der Waals surface area contributed by atoms with Gasteiger partial charge in [-0.15, -0.1) is 11.3 Å². The Hall–Kier alpha value is -3.10. The average Bonchev–Trinajstić information content (AvgIpc) is 3.38. The van der Waals surface area contributed by atoms with E-state index in [0.717, 1.165) is 23.4 Å². The lowest BCUT2D eigenvalue weighted by molar-refractivity contribution is -0.149. The van der Waals surface area contributed by atoms with Gasteiger partial charge in [-0.2, -0.15) is 0 Å². The molecule has 1 aliphatic rings. The van der Waals surface area contributed by atoms with E-state index in [1.807, 2.05) is 0 Å². The first-order chi connectivity index (χ1) is 18.6. The maximum Gasteiger partial charge on any atom is 0.310 e. The molecule has 2 aromatic carbocycles. The van der Waals surface area contributed by atoms with Gasteiger partial charge in [0.05, 0.1) is 19.1 Å². The number of amides is 1. The maximum atomic E-state index is 13.5. The van der Waals surface area contributed by atoms with Crippen molar-refractivity contribution in [3.63, 3.8) is 0 Å². The highest BCUT2D eigenvalue weighted by molar-refractivity contribution is 7.09. The quantitative estimate of drug-likeness (QED) is 0.297. The second-order valence-corrected chi connectivity index (χ2v) is 12.1. The number of benzene rings is 2. The second-order valence-electron chi connectivity index (χ2n) is 11.2. The lowest BCUT2D eigenvalue weighted by Crippen LogP contribution is -2.43. The van der Waals surface area contributed by atoms with Crippen molar-refractivity contribution in [1.29, 1.82) is 0 Å². The fraction of sp³-hybridized carbons (Fsp3) is 0.452. The van der Waals surface area contributed by atoms with Gasteiger partial charge in [-0.3, -0.25) is 14.5 Å². The third-order valence-corrected chi connectivity index (χ3v) is 7.84. The van der Waals surface area contributed by atoms with E-state index >= 15 is 0 Å². The van der Waals surface area contributed by atoms with Crippen molar-refractivity contribution in [3.05, 3.63) is 87.1 Å². The van der Waals surface area contributed by atoms with Crippen molar-refractivity contribution in [3.8, 4) is 0 Å². The number of piperidine rings is 1. The van der Waals surface area contributed by atoms with Crippen molar-refractivity contribution in [2.45, 2.75) is 65.6 Å². The minimum Gasteiger partial charge on any atom is -0.466 e. The third kappa shape index (κ3) is 7.96. The molecule has 1 fully saturated rings. The highest BCUT2D eigenvalue weighted by Gasteiger charge is 2.30. The topological polar surface area (TPSA) is 62.7 Å². The molecule has 8 heteroatoms. The Morgan fingerprint density at radius 2 is 1.69 bits per heavy atom. The predicted octanol–water partition coefficient (Wildman–Crippen LogP) is 6.20. The highest BCUT2D eigenvalue weighted by atomic mass is 32.1. The SMILES string of the molecule is CCOC(=O)C1CCCN(C(=O)c2csc(CN(Cc3ccc(F)cc3)Cc3ccc(C(C)(C)C)cc3)n2)C1. The maximum absolute atomic E-state index is 13.5. The van der Waals surface area contributed by atoms with Crippen molar-refractivity contribution >= 4 is 23.2 Å². The summed E-state index contributed by atoms with van der Waals surface area (Å²) in [4.78, 5) is 34.1. The largest absolute Gasteiger partial charge is 0.466 e. The molecule has 1 unspecified atom stereocenters. The summed E-state index contributed by atoms with van der Waals surface area (Å²) in [5, 5.41) is 2.64. The van der Waals surface area contributed by atoms with Gasteiger partial charge in [0.1, 0.15) is 16.5 Å². The summed E-state index contributed by atoms with van der Waals surface area (Å²) in [7, 11) is 0. The van der Waals surface area contributed by atoms with Crippen LogP contribution < -0.4 is 0 Å². The summed E-state index contributed by atoms with van der Waals surface area (Å²) >= 11 is 1.46. The Bertz CT molecular complexity index is 1250. The van der Waals surface area contributed by atoms with Gasteiger partial charge < -0.3 is 9.64 Å².